The van der Waals surface area contributed by atoms with E-state index in [1.54, 1.807) is 24.8 Å². The highest BCUT2D eigenvalue weighted by Gasteiger charge is 2.34. The third-order valence-corrected chi connectivity index (χ3v) is 23.0. The lowest BCUT2D eigenvalue weighted by Gasteiger charge is -2.32. The summed E-state index contributed by atoms with van der Waals surface area (Å²) >= 11 is 24.2. The van der Waals surface area contributed by atoms with Crippen molar-refractivity contribution < 1.29 is 33.5 Å². The largest absolute Gasteiger partial charge is 0.491 e. The van der Waals surface area contributed by atoms with Crippen molar-refractivity contribution in [2.75, 3.05) is 65.5 Å². The summed E-state index contributed by atoms with van der Waals surface area (Å²) in [4.78, 5) is 93.3. The molecule has 574 valence electrons. The number of hydrogen-bond acceptors (Lipinski definition) is 9. The fraction of sp³-hybridized carbons (Fsp3) is 0.289. The van der Waals surface area contributed by atoms with Gasteiger partial charge in [-0.15, -0.1) is 0 Å². The molecule has 2 atom stereocenters. The second-order valence-electron chi connectivity index (χ2n) is 29.4. The normalized spacial score (nSPS) is 15.5. The topological polar surface area (TPSA) is 198 Å². The first kappa shape index (κ1) is 77.9. The van der Waals surface area contributed by atoms with E-state index in [-0.39, 0.29) is 65.0 Å². The minimum Gasteiger partial charge on any atom is -0.491 e. The van der Waals surface area contributed by atoms with Gasteiger partial charge >= 0.3 is 0 Å². The van der Waals surface area contributed by atoms with Crippen molar-refractivity contribution >= 4 is 115 Å². The Bertz CT molecular complexity index is 5280. The maximum Gasteiger partial charge on any atom is 0.270 e. The number of likely N-dealkylation sites (tertiary alicyclic amines) is 3. The first-order valence-corrected chi connectivity index (χ1v) is 40.0. The van der Waals surface area contributed by atoms with Gasteiger partial charge in [0.25, 0.3) is 17.7 Å². The molecule has 6 amide bonds. The third-order valence-electron chi connectivity index (χ3n) is 22.0. The molecule has 0 saturated carbocycles. The smallest absolute Gasteiger partial charge is 0.270 e. The summed E-state index contributed by atoms with van der Waals surface area (Å²) in [5.41, 5.74) is 11.7. The van der Waals surface area contributed by atoms with Crippen LogP contribution in [0.1, 0.15) is 122 Å². The summed E-state index contributed by atoms with van der Waals surface area (Å²) in [6.07, 6.45) is 11.7. The molecule has 0 bridgehead atoms. The lowest BCUT2D eigenvalue weighted by atomic mass is 9.95. The zero-order chi connectivity index (χ0) is 77.6. The van der Waals surface area contributed by atoms with Crippen molar-refractivity contribution in [2.24, 2.45) is 17.8 Å². The predicted molar refractivity (Wildman–Crippen MR) is 443 cm³/mol. The summed E-state index contributed by atoms with van der Waals surface area (Å²) in [5.74, 6) is 1.12. The molecule has 5 aromatic heterocycles. The number of fused-ring (bicyclic) bond motifs is 4. The van der Waals surface area contributed by atoms with Crippen LogP contribution in [-0.4, -0.2) is 139 Å². The molecule has 4 aliphatic heterocycles. The highest BCUT2D eigenvalue weighted by molar-refractivity contribution is 6.31. The van der Waals surface area contributed by atoms with Crippen molar-refractivity contribution in [3.63, 3.8) is 0 Å². The third kappa shape index (κ3) is 19.0. The van der Waals surface area contributed by atoms with Crippen LogP contribution < -0.4 is 20.7 Å². The van der Waals surface area contributed by atoms with E-state index < -0.39 is 0 Å². The Morgan fingerprint density at radius 1 is 0.429 bits per heavy atom. The first-order chi connectivity index (χ1) is 54.5. The number of hydrogen-bond donors (Lipinski definition) is 3. The molecule has 0 spiro atoms. The maximum absolute atomic E-state index is 13.7. The number of carbonyl (C=O) groups is 6. The van der Waals surface area contributed by atoms with E-state index >= 15 is 0 Å². The Labute approximate surface area is 672 Å². The highest BCUT2D eigenvalue weighted by atomic mass is 35.5. The number of ether oxygens (including phenoxy) is 1. The molecular weight excluding hydrogens is 1490 g/mol. The van der Waals surface area contributed by atoms with Gasteiger partial charge in [-0.25, -0.2) is 0 Å². The lowest BCUT2D eigenvalue weighted by molar-refractivity contribution is -0.127. The zero-order valence-corrected chi connectivity index (χ0v) is 65.4. The van der Waals surface area contributed by atoms with Crippen molar-refractivity contribution in [3.8, 4) is 5.75 Å². The van der Waals surface area contributed by atoms with Gasteiger partial charge in [0.2, 0.25) is 17.7 Å². The van der Waals surface area contributed by atoms with Gasteiger partial charge in [0.15, 0.2) is 0 Å². The number of nitrogens with one attached hydrogen (secondary N) is 3. The Morgan fingerprint density at radius 3 is 1.19 bits per heavy atom. The zero-order valence-electron chi connectivity index (χ0n) is 62.4. The molecule has 3 N–H and O–H groups in total. The molecule has 7 aromatic carbocycles. The number of carbonyl (C=O) groups excluding carboxylic acids is 6. The Hall–Kier alpha value is -10.8. The molecular formula is C90H89Cl4N11O7. The van der Waals surface area contributed by atoms with E-state index in [1.807, 2.05) is 221 Å². The van der Waals surface area contributed by atoms with E-state index in [4.69, 9.17) is 51.1 Å². The van der Waals surface area contributed by atoms with Gasteiger partial charge in [-0.2, -0.15) is 0 Å². The van der Waals surface area contributed by atoms with E-state index in [1.165, 1.54) is 0 Å². The van der Waals surface area contributed by atoms with Gasteiger partial charge in [-0.1, -0.05) is 156 Å². The van der Waals surface area contributed by atoms with Crippen molar-refractivity contribution in [1.82, 2.24) is 54.3 Å². The lowest BCUT2D eigenvalue weighted by Crippen LogP contribution is -2.44. The fourth-order valence-electron chi connectivity index (χ4n) is 15.5. The number of amides is 6. The number of nitrogens with zero attached hydrogens (tertiary/aromatic N) is 8. The van der Waals surface area contributed by atoms with Gasteiger partial charge in [0.05, 0.1) is 12.8 Å². The van der Waals surface area contributed by atoms with Crippen LogP contribution in [0, 0.1) is 17.8 Å². The minimum absolute atomic E-state index is 0.00217. The van der Waals surface area contributed by atoms with Crippen molar-refractivity contribution in [2.45, 2.75) is 83.3 Å². The molecule has 0 radical (unpaired) electrons. The van der Waals surface area contributed by atoms with Gasteiger partial charge in [0, 0.05) is 179 Å². The average Bonchev–Trinajstić information content (AvgIpc) is 1.64. The monoisotopic (exact) mass is 1580 g/mol. The van der Waals surface area contributed by atoms with Crippen molar-refractivity contribution in [1.29, 1.82) is 0 Å². The summed E-state index contributed by atoms with van der Waals surface area (Å²) in [6.45, 7) is 9.50. The van der Waals surface area contributed by atoms with E-state index in [9.17, 15) is 28.8 Å². The standard InChI is InChI=1S/C30H29Cl2N3O2.C30H29ClN4O3.C30H31ClN4O2/c31-25-9-5-21(6-10-25)13-16-33-29(36)23-14-17-34(18-15-23)30(37)28-19-24-3-1-2-4-27(24)35(28)20-22-7-11-26(32)12-8-22;31-24-7-5-20(6-8-24)18-35-26-4-2-1-3-22(26)15-27(35)30(37)34-13-10-21(11-14-34)29(36)33-16-23-19-38-28-17-32-12-9-25(23)28;1-21(23-10-14-32-15-11-23)19-33-29(36)24-12-16-34(17-13-24)30(37)28-18-25-4-2-3-5-27(25)35(28)20-22-6-8-26(31)9-7-22/h1-12,19,23H,13-18,20H2,(H,33,36);1-9,12,15,17,21,23H,10-11,13-14,16,18-19H2,(H,33,36);2-11,14-15,18,21,24H,12-13,16-17,19-20H2,1H3,(H,33,36). The summed E-state index contributed by atoms with van der Waals surface area (Å²) in [6, 6.07) is 66.9. The molecule has 9 heterocycles. The van der Waals surface area contributed by atoms with Crippen LogP contribution in [0.4, 0.5) is 0 Å². The number of piperidine rings is 3. The van der Waals surface area contributed by atoms with Gasteiger partial charge in [-0.05, 0) is 182 Å². The summed E-state index contributed by atoms with van der Waals surface area (Å²) in [5, 5.41) is 15.2. The first-order valence-electron chi connectivity index (χ1n) is 38.4. The molecule has 3 fully saturated rings. The summed E-state index contributed by atoms with van der Waals surface area (Å²) < 4.78 is 11.9. The Morgan fingerprint density at radius 2 is 0.786 bits per heavy atom. The van der Waals surface area contributed by atoms with E-state index in [0.29, 0.717) is 161 Å². The maximum atomic E-state index is 13.7. The SMILES string of the molecule is CC(CNC(=O)C1CCN(C(=O)c2cc3ccccc3n2Cc2ccc(Cl)cc2)CC1)c1ccncc1.O=C(NCC1COc2cnccc21)C1CCN(C(=O)c2cc3ccccc3n2Cc2ccc(Cl)cc2)CC1.O=C(NCCc1ccc(Cl)cc1)C1CCN(C(=O)c2cc3ccccc3n2Cc2ccc(Cl)cc2)CC1. The van der Waals surface area contributed by atoms with Crippen LogP contribution >= 0.6 is 46.4 Å². The van der Waals surface area contributed by atoms with Gasteiger partial charge < -0.3 is 49.1 Å². The number of rotatable bonds is 20. The number of pyridine rings is 2. The van der Waals surface area contributed by atoms with Crippen LogP contribution in [0.3, 0.4) is 0 Å². The van der Waals surface area contributed by atoms with Crippen LogP contribution in [0.2, 0.25) is 20.1 Å². The molecule has 112 heavy (non-hydrogen) atoms. The van der Waals surface area contributed by atoms with E-state index in [2.05, 4.69) is 46.5 Å². The highest BCUT2D eigenvalue weighted by Crippen LogP contribution is 2.34. The second kappa shape index (κ2) is 36.6. The minimum atomic E-state index is -0.0989. The molecule has 0 aliphatic carbocycles. The number of aromatic nitrogens is 5. The van der Waals surface area contributed by atoms with E-state index in [0.717, 1.165) is 78.3 Å². The van der Waals surface area contributed by atoms with Crippen LogP contribution in [0.25, 0.3) is 32.7 Å². The number of benzene rings is 7. The van der Waals surface area contributed by atoms with Gasteiger partial charge in [-0.3, -0.25) is 38.7 Å². The summed E-state index contributed by atoms with van der Waals surface area (Å²) in [7, 11) is 0. The second-order valence-corrected chi connectivity index (χ2v) is 31.1. The van der Waals surface area contributed by atoms with Crippen LogP contribution in [0.15, 0.2) is 231 Å². The van der Waals surface area contributed by atoms with Crippen molar-refractivity contribution in [3.05, 3.63) is 302 Å². The van der Waals surface area contributed by atoms with Gasteiger partial charge in [0.1, 0.15) is 22.8 Å². The molecule has 22 heteroatoms. The molecule has 4 aliphatic rings. The quantitative estimate of drug-likeness (QED) is 0.0664. The van der Waals surface area contributed by atoms with Crippen LogP contribution in [-0.2, 0) is 40.4 Å². The van der Waals surface area contributed by atoms with Crippen LogP contribution in [0.5, 0.6) is 5.75 Å². The fourth-order valence-corrected chi connectivity index (χ4v) is 16.0. The number of halogens is 4. The number of para-hydroxylation sites is 3. The molecule has 12 aromatic rings. The molecule has 3 saturated heterocycles. The Balaban J connectivity index is 0.000000140. The molecule has 2 unspecified atom stereocenters. The predicted octanol–water partition coefficient (Wildman–Crippen LogP) is 16.6. The molecule has 18 nitrogen and oxygen atoms in total. The average molecular weight is 1580 g/mol. The molecule has 16 rings (SSSR count). The Kier molecular flexibility index (Phi) is 25.5.